The first kappa shape index (κ1) is 13.6. The Kier molecular flexibility index (Phi) is 6.25. The number of carbonyl (C=O) groups is 1. The first-order valence-corrected chi connectivity index (χ1v) is 6.16. The van der Waals surface area contributed by atoms with Gasteiger partial charge in [-0.2, -0.15) is 0 Å². The summed E-state index contributed by atoms with van der Waals surface area (Å²) in [4.78, 5) is 15.6. The van der Waals surface area contributed by atoms with E-state index in [1.807, 2.05) is 0 Å². The van der Waals surface area contributed by atoms with Crippen LogP contribution in [0.4, 0.5) is 5.69 Å². The number of rotatable bonds is 7. The van der Waals surface area contributed by atoms with Crippen molar-refractivity contribution in [3.8, 4) is 0 Å². The van der Waals surface area contributed by atoms with Gasteiger partial charge in [-0.25, -0.2) is 0 Å². The van der Waals surface area contributed by atoms with Crippen molar-refractivity contribution < 1.29 is 4.79 Å². The summed E-state index contributed by atoms with van der Waals surface area (Å²) in [6, 6.07) is 3.57. The Labute approximate surface area is 103 Å². The van der Waals surface area contributed by atoms with Gasteiger partial charge in [-0.15, -0.1) is 0 Å². The lowest BCUT2D eigenvalue weighted by molar-refractivity contribution is -0.116. The zero-order valence-electron chi connectivity index (χ0n) is 10.4. The maximum atomic E-state index is 11.7. The first-order valence-electron chi connectivity index (χ1n) is 6.16. The SMILES string of the molecule is CCC(CCN)CCC(=O)Nc1ccncc1. The Balaban J connectivity index is 2.30. The second kappa shape index (κ2) is 7.79. The molecule has 94 valence electrons. The molecule has 0 radical (unpaired) electrons. The standard InChI is InChI=1S/C13H21N3O/c1-2-11(5-8-14)3-4-13(17)16-12-6-9-15-10-7-12/h6-7,9-11H,2-5,8,14H2,1H3,(H,15,16,17). The number of nitrogens with zero attached hydrogens (tertiary/aromatic N) is 1. The lowest BCUT2D eigenvalue weighted by Gasteiger charge is -2.13. The van der Waals surface area contributed by atoms with E-state index in [2.05, 4.69) is 17.2 Å². The molecule has 1 aromatic heterocycles. The van der Waals surface area contributed by atoms with E-state index < -0.39 is 0 Å². The van der Waals surface area contributed by atoms with Crippen molar-refractivity contribution in [1.82, 2.24) is 4.98 Å². The molecule has 1 atom stereocenters. The Morgan fingerprint density at radius 1 is 1.41 bits per heavy atom. The van der Waals surface area contributed by atoms with Gasteiger partial charge in [0.1, 0.15) is 0 Å². The quantitative estimate of drug-likeness (QED) is 0.761. The molecule has 1 unspecified atom stereocenters. The van der Waals surface area contributed by atoms with Gasteiger partial charge in [0, 0.05) is 24.5 Å². The Morgan fingerprint density at radius 2 is 2.12 bits per heavy atom. The van der Waals surface area contributed by atoms with Crippen molar-refractivity contribution in [1.29, 1.82) is 0 Å². The number of anilines is 1. The highest BCUT2D eigenvalue weighted by molar-refractivity contribution is 5.90. The first-order chi connectivity index (χ1) is 8.26. The smallest absolute Gasteiger partial charge is 0.224 e. The second-order valence-electron chi connectivity index (χ2n) is 4.17. The number of amides is 1. The van der Waals surface area contributed by atoms with E-state index in [-0.39, 0.29) is 5.91 Å². The number of hydrogen-bond acceptors (Lipinski definition) is 3. The van der Waals surface area contributed by atoms with Crippen molar-refractivity contribution in [2.24, 2.45) is 11.7 Å². The van der Waals surface area contributed by atoms with Crippen molar-refractivity contribution in [2.45, 2.75) is 32.6 Å². The number of pyridine rings is 1. The Hall–Kier alpha value is -1.42. The Morgan fingerprint density at radius 3 is 2.71 bits per heavy atom. The number of nitrogens with two attached hydrogens (primary N) is 1. The predicted molar refractivity (Wildman–Crippen MR) is 69.6 cm³/mol. The third kappa shape index (κ3) is 5.45. The lowest BCUT2D eigenvalue weighted by atomic mass is 9.96. The predicted octanol–water partition coefficient (Wildman–Crippen LogP) is 2.18. The third-order valence-corrected chi connectivity index (χ3v) is 2.90. The molecular formula is C13H21N3O. The molecule has 0 saturated carbocycles. The van der Waals surface area contributed by atoms with Crippen molar-refractivity contribution in [2.75, 3.05) is 11.9 Å². The van der Waals surface area contributed by atoms with Gasteiger partial charge in [-0.3, -0.25) is 9.78 Å². The minimum absolute atomic E-state index is 0.0617. The third-order valence-electron chi connectivity index (χ3n) is 2.90. The normalized spacial score (nSPS) is 12.1. The van der Waals surface area contributed by atoms with Crippen LogP contribution in [0.15, 0.2) is 24.5 Å². The molecule has 1 rings (SSSR count). The maximum Gasteiger partial charge on any atom is 0.224 e. The zero-order chi connectivity index (χ0) is 12.5. The summed E-state index contributed by atoms with van der Waals surface area (Å²) in [6.45, 7) is 2.84. The van der Waals surface area contributed by atoms with Crippen LogP contribution in [0.2, 0.25) is 0 Å². The molecule has 0 spiro atoms. The monoisotopic (exact) mass is 235 g/mol. The van der Waals surface area contributed by atoms with Crippen LogP contribution in [-0.4, -0.2) is 17.4 Å². The summed E-state index contributed by atoms with van der Waals surface area (Å²) in [5, 5.41) is 2.85. The van der Waals surface area contributed by atoms with E-state index in [1.54, 1.807) is 24.5 Å². The fraction of sp³-hybridized carbons (Fsp3) is 0.538. The lowest BCUT2D eigenvalue weighted by Crippen LogP contribution is -2.15. The van der Waals surface area contributed by atoms with Crippen molar-refractivity contribution in [3.63, 3.8) is 0 Å². The summed E-state index contributed by atoms with van der Waals surface area (Å²) in [7, 11) is 0. The van der Waals surface area contributed by atoms with Gasteiger partial charge < -0.3 is 11.1 Å². The van der Waals surface area contributed by atoms with Crippen LogP contribution in [0.3, 0.4) is 0 Å². The van der Waals surface area contributed by atoms with Gasteiger partial charge in [-0.1, -0.05) is 13.3 Å². The highest BCUT2D eigenvalue weighted by Gasteiger charge is 2.08. The van der Waals surface area contributed by atoms with Crippen LogP contribution in [0, 0.1) is 5.92 Å². The van der Waals surface area contributed by atoms with Gasteiger partial charge in [0.05, 0.1) is 0 Å². The minimum Gasteiger partial charge on any atom is -0.330 e. The molecule has 0 fully saturated rings. The minimum atomic E-state index is 0.0617. The number of nitrogens with one attached hydrogen (secondary N) is 1. The summed E-state index contributed by atoms with van der Waals surface area (Å²) in [6.07, 6.45) is 6.88. The molecule has 1 amide bonds. The van der Waals surface area contributed by atoms with E-state index in [0.29, 0.717) is 18.9 Å². The molecule has 4 heteroatoms. The molecule has 1 aromatic rings. The van der Waals surface area contributed by atoms with Gasteiger partial charge >= 0.3 is 0 Å². The topological polar surface area (TPSA) is 68.0 Å². The molecule has 1 heterocycles. The van der Waals surface area contributed by atoms with E-state index >= 15 is 0 Å². The summed E-state index contributed by atoms with van der Waals surface area (Å²) < 4.78 is 0. The average molecular weight is 235 g/mol. The van der Waals surface area contributed by atoms with Gasteiger partial charge in [0.2, 0.25) is 5.91 Å². The molecule has 0 aliphatic rings. The molecule has 0 aromatic carbocycles. The number of aromatic nitrogens is 1. The largest absolute Gasteiger partial charge is 0.330 e. The highest BCUT2D eigenvalue weighted by atomic mass is 16.1. The van der Waals surface area contributed by atoms with Crippen LogP contribution in [0.5, 0.6) is 0 Å². The molecule has 4 nitrogen and oxygen atoms in total. The van der Waals surface area contributed by atoms with E-state index in [1.165, 1.54) is 0 Å². The second-order valence-corrected chi connectivity index (χ2v) is 4.17. The summed E-state index contributed by atoms with van der Waals surface area (Å²) >= 11 is 0. The van der Waals surface area contributed by atoms with Crippen LogP contribution in [0.1, 0.15) is 32.6 Å². The molecule has 0 aliphatic carbocycles. The molecular weight excluding hydrogens is 214 g/mol. The van der Waals surface area contributed by atoms with Crippen molar-refractivity contribution >= 4 is 11.6 Å². The zero-order valence-corrected chi connectivity index (χ0v) is 10.4. The van der Waals surface area contributed by atoms with Crippen LogP contribution in [-0.2, 0) is 4.79 Å². The molecule has 3 N–H and O–H groups in total. The fourth-order valence-corrected chi connectivity index (χ4v) is 1.78. The fourth-order valence-electron chi connectivity index (χ4n) is 1.78. The summed E-state index contributed by atoms with van der Waals surface area (Å²) in [5.41, 5.74) is 6.33. The van der Waals surface area contributed by atoms with E-state index in [0.717, 1.165) is 24.9 Å². The molecule has 0 bridgehead atoms. The molecule has 0 aliphatic heterocycles. The number of carbonyl (C=O) groups excluding carboxylic acids is 1. The van der Waals surface area contributed by atoms with Crippen molar-refractivity contribution in [3.05, 3.63) is 24.5 Å². The van der Waals surface area contributed by atoms with E-state index in [9.17, 15) is 4.79 Å². The number of hydrogen-bond donors (Lipinski definition) is 2. The van der Waals surface area contributed by atoms with Crippen LogP contribution < -0.4 is 11.1 Å². The van der Waals surface area contributed by atoms with Crippen LogP contribution in [0.25, 0.3) is 0 Å². The van der Waals surface area contributed by atoms with Gasteiger partial charge in [0.15, 0.2) is 0 Å². The summed E-state index contributed by atoms with van der Waals surface area (Å²) in [5.74, 6) is 0.620. The average Bonchev–Trinajstić information content (AvgIpc) is 2.35. The highest BCUT2D eigenvalue weighted by Crippen LogP contribution is 2.15. The molecule has 17 heavy (non-hydrogen) atoms. The Bertz CT molecular complexity index is 327. The maximum absolute atomic E-state index is 11.7. The van der Waals surface area contributed by atoms with Gasteiger partial charge in [-0.05, 0) is 37.4 Å². The van der Waals surface area contributed by atoms with Crippen LogP contribution >= 0.6 is 0 Å². The van der Waals surface area contributed by atoms with Gasteiger partial charge in [0.25, 0.3) is 0 Å². The van der Waals surface area contributed by atoms with E-state index in [4.69, 9.17) is 5.73 Å². The molecule has 0 saturated heterocycles.